The highest BCUT2D eigenvalue weighted by Gasteiger charge is 2.28. The molecule has 0 bridgehead atoms. The first-order valence-electron chi connectivity index (χ1n) is 14.3. The maximum Gasteiger partial charge on any atom is 0.274 e. The molecule has 2 aromatic carbocycles. The smallest absolute Gasteiger partial charge is 0.274 e. The van der Waals surface area contributed by atoms with Gasteiger partial charge in [-0.1, -0.05) is 12.1 Å². The molecular weight excluding hydrogens is 544 g/mol. The van der Waals surface area contributed by atoms with E-state index in [0.29, 0.717) is 59.8 Å². The molecule has 2 aromatic heterocycles. The Hall–Kier alpha value is -4.96. The van der Waals surface area contributed by atoms with Crippen LogP contribution in [0.5, 0.6) is 0 Å². The number of hydrogen-bond acceptors (Lipinski definition) is 7. The number of pyridine rings is 2. The summed E-state index contributed by atoms with van der Waals surface area (Å²) in [7, 11) is 5.62. The number of hydrogen-bond donors (Lipinski definition) is 2. The lowest BCUT2D eigenvalue weighted by Gasteiger charge is -2.31. The van der Waals surface area contributed by atoms with E-state index in [9.17, 15) is 19.5 Å². The normalized spacial score (nSPS) is 14.7. The Morgan fingerprint density at radius 1 is 0.953 bits per heavy atom. The number of aliphatic hydroxyl groups is 1. The van der Waals surface area contributed by atoms with E-state index < -0.39 is 0 Å². The van der Waals surface area contributed by atoms with Crippen LogP contribution >= 0.6 is 0 Å². The lowest BCUT2D eigenvalue weighted by molar-refractivity contribution is -0.117. The zero-order valence-corrected chi connectivity index (χ0v) is 24.5. The van der Waals surface area contributed by atoms with E-state index in [0.717, 1.165) is 28.9 Å². The number of fused-ring (bicyclic) bond motifs is 1. The highest BCUT2D eigenvalue weighted by molar-refractivity contribution is 6.09. The fourth-order valence-corrected chi connectivity index (χ4v) is 5.87. The van der Waals surface area contributed by atoms with Gasteiger partial charge in [-0.05, 0) is 66.4 Å². The van der Waals surface area contributed by atoms with Gasteiger partial charge in [0, 0.05) is 69.2 Å². The Labute approximate surface area is 249 Å². The van der Waals surface area contributed by atoms with Crippen LogP contribution in [-0.4, -0.2) is 53.7 Å². The SMILES string of the molecule is CN(C)c1ccc2c(c1)CCN(c1cccc(-c3cc(Nc4ccc(N5CCCC5=O)cn4)c(=O)n(C)c3)c1CO)C2=O. The molecule has 2 aliphatic rings. The summed E-state index contributed by atoms with van der Waals surface area (Å²) >= 11 is 0. The van der Waals surface area contributed by atoms with Gasteiger partial charge in [-0.25, -0.2) is 4.98 Å². The lowest BCUT2D eigenvalue weighted by Crippen LogP contribution is -2.38. The topological polar surface area (TPSA) is 111 Å². The number of nitrogens with zero attached hydrogens (tertiary/aromatic N) is 5. The lowest BCUT2D eigenvalue weighted by atomic mass is 9.94. The second kappa shape index (κ2) is 11.4. The highest BCUT2D eigenvalue weighted by Crippen LogP contribution is 2.35. The van der Waals surface area contributed by atoms with Crippen molar-refractivity contribution in [3.63, 3.8) is 0 Å². The fraction of sp³-hybridized carbons (Fsp3) is 0.273. The number of aryl methyl sites for hydroxylation is 1. The van der Waals surface area contributed by atoms with Gasteiger partial charge in [-0.15, -0.1) is 0 Å². The number of nitrogens with one attached hydrogen (secondary N) is 1. The Kier molecular flexibility index (Phi) is 7.45. The summed E-state index contributed by atoms with van der Waals surface area (Å²) in [5.41, 5.74) is 6.18. The van der Waals surface area contributed by atoms with Crippen LogP contribution in [0.4, 0.5) is 28.6 Å². The number of amides is 2. The van der Waals surface area contributed by atoms with Crippen molar-refractivity contribution in [3.8, 4) is 11.1 Å². The molecule has 0 saturated carbocycles. The third kappa shape index (κ3) is 5.25. The number of aromatic nitrogens is 2. The number of carbonyl (C=O) groups is 2. The molecule has 2 N–H and O–H groups in total. The van der Waals surface area contributed by atoms with Crippen molar-refractivity contribution in [2.45, 2.75) is 25.9 Å². The Balaban J connectivity index is 1.32. The predicted octanol–water partition coefficient (Wildman–Crippen LogP) is 4.08. The van der Waals surface area contributed by atoms with Crippen LogP contribution in [0.2, 0.25) is 0 Å². The van der Waals surface area contributed by atoms with Crippen LogP contribution in [0.1, 0.15) is 34.3 Å². The van der Waals surface area contributed by atoms with E-state index in [-0.39, 0.29) is 24.0 Å². The summed E-state index contributed by atoms with van der Waals surface area (Å²) in [6.45, 7) is 0.880. The molecule has 0 radical (unpaired) electrons. The van der Waals surface area contributed by atoms with E-state index in [4.69, 9.17) is 0 Å². The number of rotatable bonds is 7. The Bertz CT molecular complexity index is 1780. The molecule has 10 nitrogen and oxygen atoms in total. The van der Waals surface area contributed by atoms with Gasteiger partial charge in [0.25, 0.3) is 11.5 Å². The predicted molar refractivity (Wildman–Crippen MR) is 168 cm³/mol. The quantitative estimate of drug-likeness (QED) is 0.340. The molecule has 4 heterocycles. The Morgan fingerprint density at radius 3 is 2.49 bits per heavy atom. The molecule has 10 heteroatoms. The highest BCUT2D eigenvalue weighted by atomic mass is 16.3. The third-order valence-corrected chi connectivity index (χ3v) is 8.18. The van der Waals surface area contributed by atoms with Gasteiger partial charge in [0.1, 0.15) is 11.5 Å². The second-order valence-corrected chi connectivity index (χ2v) is 11.1. The van der Waals surface area contributed by atoms with Crippen molar-refractivity contribution in [3.05, 3.63) is 94.0 Å². The molecule has 0 atom stereocenters. The van der Waals surface area contributed by atoms with Crippen LogP contribution in [0.15, 0.2) is 71.8 Å². The molecule has 1 saturated heterocycles. The first kappa shape index (κ1) is 28.2. The first-order chi connectivity index (χ1) is 20.7. The summed E-state index contributed by atoms with van der Waals surface area (Å²) in [5.74, 6) is 0.446. The number of benzene rings is 2. The molecule has 0 unspecified atom stereocenters. The van der Waals surface area contributed by atoms with Crippen molar-refractivity contribution in [2.75, 3.05) is 47.2 Å². The van der Waals surface area contributed by atoms with Crippen LogP contribution in [-0.2, 0) is 24.9 Å². The molecule has 4 aromatic rings. The monoisotopic (exact) mass is 578 g/mol. The van der Waals surface area contributed by atoms with Crippen molar-refractivity contribution in [2.24, 2.45) is 7.05 Å². The molecule has 0 aliphatic carbocycles. The van der Waals surface area contributed by atoms with Gasteiger partial charge in [0.2, 0.25) is 5.91 Å². The van der Waals surface area contributed by atoms with E-state index in [2.05, 4.69) is 16.4 Å². The van der Waals surface area contributed by atoms with Gasteiger partial charge in [0.05, 0.1) is 24.2 Å². The minimum atomic E-state index is -0.286. The minimum Gasteiger partial charge on any atom is -0.392 e. The number of anilines is 5. The molecule has 220 valence electrons. The molecule has 1 fully saturated rings. The summed E-state index contributed by atoms with van der Waals surface area (Å²) < 4.78 is 1.48. The van der Waals surface area contributed by atoms with E-state index >= 15 is 0 Å². The molecule has 0 spiro atoms. The van der Waals surface area contributed by atoms with Crippen LogP contribution < -0.4 is 25.6 Å². The average molecular weight is 579 g/mol. The second-order valence-electron chi connectivity index (χ2n) is 11.1. The van der Waals surface area contributed by atoms with Gasteiger partial charge < -0.3 is 29.7 Å². The molecule has 2 amide bonds. The van der Waals surface area contributed by atoms with Gasteiger partial charge >= 0.3 is 0 Å². The summed E-state index contributed by atoms with van der Waals surface area (Å²) in [5, 5.41) is 13.7. The van der Waals surface area contributed by atoms with Crippen LogP contribution in [0.25, 0.3) is 11.1 Å². The fourth-order valence-electron chi connectivity index (χ4n) is 5.87. The maximum absolute atomic E-state index is 13.6. The average Bonchev–Trinajstić information content (AvgIpc) is 3.45. The van der Waals surface area contributed by atoms with Crippen molar-refractivity contribution >= 4 is 40.4 Å². The van der Waals surface area contributed by atoms with Crippen molar-refractivity contribution in [1.82, 2.24) is 9.55 Å². The van der Waals surface area contributed by atoms with E-state index in [1.54, 1.807) is 41.4 Å². The molecule has 43 heavy (non-hydrogen) atoms. The first-order valence-corrected chi connectivity index (χ1v) is 14.3. The van der Waals surface area contributed by atoms with E-state index in [1.807, 2.05) is 55.4 Å². The summed E-state index contributed by atoms with van der Waals surface area (Å²) in [4.78, 5) is 48.7. The zero-order chi connectivity index (χ0) is 30.2. The van der Waals surface area contributed by atoms with Gasteiger partial charge in [-0.2, -0.15) is 0 Å². The standard InChI is InChI=1S/C33H34N6O4/c1-36(2)23-9-11-26-21(16-23)13-15-39(32(26)42)29-7-4-6-25(27(29)20-40)22-17-28(33(43)37(3)19-22)35-30-12-10-24(18-34-30)38-14-5-8-31(38)41/h4,6-7,9-12,16-19,40H,5,8,13-15,20H2,1-3H3,(H,34,35). The Morgan fingerprint density at radius 2 is 1.79 bits per heavy atom. The molecular formula is C33H34N6O4. The van der Waals surface area contributed by atoms with Gasteiger partial charge in [-0.3, -0.25) is 14.4 Å². The number of carbonyl (C=O) groups excluding carboxylic acids is 2. The minimum absolute atomic E-state index is 0.0833. The number of aliphatic hydroxyl groups excluding tert-OH is 1. The van der Waals surface area contributed by atoms with Crippen molar-refractivity contribution in [1.29, 1.82) is 0 Å². The molecule has 6 rings (SSSR count). The summed E-state index contributed by atoms with van der Waals surface area (Å²) in [6.07, 6.45) is 5.41. The summed E-state index contributed by atoms with van der Waals surface area (Å²) in [6, 6.07) is 16.8. The van der Waals surface area contributed by atoms with E-state index in [1.165, 1.54) is 4.57 Å². The van der Waals surface area contributed by atoms with Gasteiger partial charge in [0.15, 0.2) is 0 Å². The molecule has 2 aliphatic heterocycles. The van der Waals surface area contributed by atoms with Crippen LogP contribution in [0.3, 0.4) is 0 Å². The van der Waals surface area contributed by atoms with Crippen LogP contribution in [0, 0.1) is 0 Å². The maximum atomic E-state index is 13.6. The third-order valence-electron chi connectivity index (χ3n) is 8.18. The van der Waals surface area contributed by atoms with Crippen molar-refractivity contribution < 1.29 is 14.7 Å². The zero-order valence-electron chi connectivity index (χ0n) is 24.5. The largest absolute Gasteiger partial charge is 0.392 e.